The van der Waals surface area contributed by atoms with Crippen LogP contribution in [0.25, 0.3) is 16.4 Å². The SMILES string of the molecule is O=C(O)c1ccc(NC(=O)c2cnn3cccnc23)c2ccccc12. The molecule has 122 valence electrons. The average Bonchev–Trinajstić information content (AvgIpc) is 3.06. The number of rotatable bonds is 3. The van der Waals surface area contributed by atoms with Crippen LogP contribution < -0.4 is 5.32 Å². The summed E-state index contributed by atoms with van der Waals surface area (Å²) >= 11 is 0. The van der Waals surface area contributed by atoms with Gasteiger partial charge in [0.1, 0.15) is 5.56 Å². The quantitative estimate of drug-likeness (QED) is 0.601. The Labute approximate surface area is 141 Å². The number of anilines is 1. The molecule has 25 heavy (non-hydrogen) atoms. The molecule has 0 bridgehead atoms. The van der Waals surface area contributed by atoms with Gasteiger partial charge in [-0.3, -0.25) is 4.79 Å². The third-order valence-corrected chi connectivity index (χ3v) is 3.93. The highest BCUT2D eigenvalue weighted by molar-refractivity contribution is 6.14. The van der Waals surface area contributed by atoms with E-state index in [1.54, 1.807) is 48.8 Å². The van der Waals surface area contributed by atoms with Crippen molar-refractivity contribution in [3.63, 3.8) is 0 Å². The Hall–Kier alpha value is -3.74. The molecular formula is C18H12N4O3. The second-order valence-corrected chi connectivity index (χ2v) is 5.41. The van der Waals surface area contributed by atoms with Crippen molar-refractivity contribution < 1.29 is 14.7 Å². The number of hydrogen-bond acceptors (Lipinski definition) is 4. The van der Waals surface area contributed by atoms with Gasteiger partial charge in [0.05, 0.1) is 11.8 Å². The molecular weight excluding hydrogens is 320 g/mol. The molecule has 0 unspecified atom stereocenters. The lowest BCUT2D eigenvalue weighted by atomic mass is 10.0. The van der Waals surface area contributed by atoms with E-state index in [0.29, 0.717) is 27.7 Å². The van der Waals surface area contributed by atoms with Gasteiger partial charge in [0.2, 0.25) is 0 Å². The van der Waals surface area contributed by atoms with E-state index >= 15 is 0 Å². The van der Waals surface area contributed by atoms with Crippen LogP contribution in [0.2, 0.25) is 0 Å². The highest BCUT2D eigenvalue weighted by atomic mass is 16.4. The molecule has 0 fully saturated rings. The van der Waals surface area contributed by atoms with Gasteiger partial charge in [-0.05, 0) is 23.6 Å². The topological polar surface area (TPSA) is 96.6 Å². The van der Waals surface area contributed by atoms with Gasteiger partial charge < -0.3 is 10.4 Å². The molecule has 2 N–H and O–H groups in total. The summed E-state index contributed by atoms with van der Waals surface area (Å²) in [6.07, 6.45) is 4.74. The number of benzene rings is 2. The molecule has 1 amide bonds. The third-order valence-electron chi connectivity index (χ3n) is 3.93. The number of aromatic nitrogens is 3. The zero-order valence-electron chi connectivity index (χ0n) is 12.9. The summed E-state index contributed by atoms with van der Waals surface area (Å²) in [7, 11) is 0. The van der Waals surface area contributed by atoms with Crippen LogP contribution >= 0.6 is 0 Å². The normalized spacial score (nSPS) is 10.9. The Kier molecular flexibility index (Phi) is 3.39. The standard InChI is InChI=1S/C18H12N4O3/c23-17(14-10-20-22-9-3-8-19-16(14)22)21-15-7-6-13(18(24)25)11-4-1-2-5-12(11)15/h1-10H,(H,21,23)(H,24,25). The van der Waals surface area contributed by atoms with E-state index in [9.17, 15) is 14.7 Å². The molecule has 7 nitrogen and oxygen atoms in total. The Bertz CT molecular complexity index is 1130. The third kappa shape index (κ3) is 2.47. The van der Waals surface area contributed by atoms with Crippen LogP contribution in [0, 0.1) is 0 Å². The molecule has 2 heterocycles. The Morgan fingerprint density at radius 3 is 2.60 bits per heavy atom. The number of hydrogen-bond donors (Lipinski definition) is 2. The van der Waals surface area contributed by atoms with E-state index in [4.69, 9.17) is 0 Å². The first-order valence-corrected chi connectivity index (χ1v) is 7.50. The maximum absolute atomic E-state index is 12.6. The van der Waals surface area contributed by atoms with Crippen molar-refractivity contribution in [2.24, 2.45) is 0 Å². The minimum absolute atomic E-state index is 0.186. The number of carboxylic acid groups (broad SMARTS) is 1. The van der Waals surface area contributed by atoms with Crippen LogP contribution in [0.5, 0.6) is 0 Å². The zero-order chi connectivity index (χ0) is 17.4. The van der Waals surface area contributed by atoms with E-state index in [-0.39, 0.29) is 11.5 Å². The largest absolute Gasteiger partial charge is 0.478 e. The lowest BCUT2D eigenvalue weighted by Crippen LogP contribution is -2.12. The lowest BCUT2D eigenvalue weighted by molar-refractivity contribution is 0.0699. The van der Waals surface area contributed by atoms with Crippen molar-refractivity contribution in [3.05, 3.63) is 72.2 Å². The van der Waals surface area contributed by atoms with Crippen molar-refractivity contribution >= 4 is 34.0 Å². The molecule has 2 aromatic heterocycles. The average molecular weight is 332 g/mol. The summed E-state index contributed by atoms with van der Waals surface area (Å²) in [5, 5.41) is 17.4. The van der Waals surface area contributed by atoms with Crippen LogP contribution in [0.15, 0.2) is 61.1 Å². The molecule has 0 aliphatic heterocycles. The Morgan fingerprint density at radius 1 is 1.00 bits per heavy atom. The summed E-state index contributed by atoms with van der Waals surface area (Å²) < 4.78 is 1.51. The molecule has 4 aromatic rings. The second kappa shape index (κ2) is 5.72. The molecule has 0 saturated carbocycles. The monoisotopic (exact) mass is 332 g/mol. The summed E-state index contributed by atoms with van der Waals surface area (Å²) in [4.78, 5) is 28.2. The van der Waals surface area contributed by atoms with Gasteiger partial charge in [-0.25, -0.2) is 14.3 Å². The Morgan fingerprint density at radius 2 is 1.80 bits per heavy atom. The molecule has 2 aromatic carbocycles. The number of carbonyl (C=O) groups excluding carboxylic acids is 1. The lowest BCUT2D eigenvalue weighted by Gasteiger charge is -2.10. The highest BCUT2D eigenvalue weighted by Gasteiger charge is 2.16. The van der Waals surface area contributed by atoms with Crippen LogP contribution in [-0.2, 0) is 0 Å². The summed E-state index contributed by atoms with van der Waals surface area (Å²) in [5.41, 5.74) is 1.51. The smallest absolute Gasteiger partial charge is 0.336 e. The van der Waals surface area contributed by atoms with Crippen LogP contribution in [0.1, 0.15) is 20.7 Å². The van der Waals surface area contributed by atoms with Crippen molar-refractivity contribution in [2.75, 3.05) is 5.32 Å². The molecule has 0 radical (unpaired) electrons. The van der Waals surface area contributed by atoms with Crippen LogP contribution in [0.4, 0.5) is 5.69 Å². The maximum Gasteiger partial charge on any atom is 0.336 e. The maximum atomic E-state index is 12.6. The summed E-state index contributed by atoms with van der Waals surface area (Å²) in [6, 6.07) is 11.8. The van der Waals surface area contributed by atoms with Gasteiger partial charge in [0.15, 0.2) is 5.65 Å². The van der Waals surface area contributed by atoms with Gasteiger partial charge in [0, 0.05) is 23.5 Å². The number of carboxylic acids is 1. The first kappa shape index (κ1) is 14.8. The van der Waals surface area contributed by atoms with E-state index in [1.807, 2.05) is 0 Å². The minimum Gasteiger partial charge on any atom is -0.478 e. The summed E-state index contributed by atoms with van der Waals surface area (Å²) in [6.45, 7) is 0. The van der Waals surface area contributed by atoms with Crippen molar-refractivity contribution in [1.82, 2.24) is 14.6 Å². The number of aromatic carboxylic acids is 1. The van der Waals surface area contributed by atoms with Gasteiger partial charge in [-0.15, -0.1) is 0 Å². The summed E-state index contributed by atoms with van der Waals surface area (Å²) in [5.74, 6) is -1.37. The van der Waals surface area contributed by atoms with Gasteiger partial charge in [-0.1, -0.05) is 24.3 Å². The second-order valence-electron chi connectivity index (χ2n) is 5.41. The number of nitrogens with zero attached hydrogens (tertiary/aromatic N) is 3. The number of carbonyl (C=O) groups is 2. The van der Waals surface area contributed by atoms with Crippen molar-refractivity contribution in [2.45, 2.75) is 0 Å². The fourth-order valence-electron chi connectivity index (χ4n) is 2.77. The predicted molar refractivity (Wildman–Crippen MR) is 91.8 cm³/mol. The highest BCUT2D eigenvalue weighted by Crippen LogP contribution is 2.27. The fourth-order valence-corrected chi connectivity index (χ4v) is 2.77. The molecule has 0 saturated heterocycles. The van der Waals surface area contributed by atoms with Crippen LogP contribution in [0.3, 0.4) is 0 Å². The molecule has 4 rings (SSSR count). The van der Waals surface area contributed by atoms with E-state index in [1.165, 1.54) is 16.8 Å². The van der Waals surface area contributed by atoms with Gasteiger partial charge in [0.25, 0.3) is 5.91 Å². The van der Waals surface area contributed by atoms with Gasteiger partial charge in [-0.2, -0.15) is 5.10 Å². The Balaban J connectivity index is 1.77. The molecule has 0 aliphatic carbocycles. The number of nitrogens with one attached hydrogen (secondary N) is 1. The van der Waals surface area contributed by atoms with Crippen LogP contribution in [-0.4, -0.2) is 31.6 Å². The molecule has 0 atom stereocenters. The van der Waals surface area contributed by atoms with Crippen molar-refractivity contribution in [1.29, 1.82) is 0 Å². The number of fused-ring (bicyclic) bond motifs is 2. The molecule has 0 spiro atoms. The minimum atomic E-state index is -1.01. The van der Waals surface area contributed by atoms with Crippen molar-refractivity contribution in [3.8, 4) is 0 Å². The first-order valence-electron chi connectivity index (χ1n) is 7.50. The van der Waals surface area contributed by atoms with E-state index in [2.05, 4.69) is 15.4 Å². The predicted octanol–water partition coefficient (Wildman–Crippen LogP) is 2.83. The number of amides is 1. The zero-order valence-corrected chi connectivity index (χ0v) is 12.9. The first-order chi connectivity index (χ1) is 12.1. The van der Waals surface area contributed by atoms with E-state index < -0.39 is 5.97 Å². The fraction of sp³-hybridized carbons (Fsp3) is 0. The van der Waals surface area contributed by atoms with E-state index in [0.717, 1.165) is 0 Å². The molecule has 0 aliphatic rings. The van der Waals surface area contributed by atoms with Gasteiger partial charge >= 0.3 is 5.97 Å². The molecule has 7 heteroatoms.